The van der Waals surface area contributed by atoms with Crippen molar-refractivity contribution in [3.63, 3.8) is 0 Å². The van der Waals surface area contributed by atoms with Crippen molar-refractivity contribution in [1.29, 1.82) is 0 Å². The molecule has 3 N–H and O–H groups in total. The van der Waals surface area contributed by atoms with E-state index in [1.165, 1.54) is 0 Å². The lowest BCUT2D eigenvalue weighted by Crippen LogP contribution is -2.21. The molecule has 0 bridgehead atoms. The van der Waals surface area contributed by atoms with Crippen molar-refractivity contribution in [3.8, 4) is 17.0 Å². The summed E-state index contributed by atoms with van der Waals surface area (Å²) in [6, 6.07) is 11.8. The van der Waals surface area contributed by atoms with Crippen LogP contribution < -0.4 is 20.3 Å². The minimum Gasteiger partial charge on any atom is -0.495 e. The molecule has 9 heteroatoms. The van der Waals surface area contributed by atoms with Crippen LogP contribution in [0.2, 0.25) is 0 Å². The number of β-amino-alcohol motifs (C(OH)–C–C–N with tert-alkyl or cyclic N) is 1. The lowest BCUT2D eigenvalue weighted by atomic mass is 10.1. The summed E-state index contributed by atoms with van der Waals surface area (Å²) in [6.07, 6.45) is 6.39. The van der Waals surface area contributed by atoms with E-state index in [2.05, 4.69) is 20.5 Å². The molecule has 172 valence electrons. The number of anilines is 4. The Bertz CT molecular complexity index is 1420. The normalized spacial score (nSPS) is 17.2. The first-order valence-electron chi connectivity index (χ1n) is 11.2. The van der Waals surface area contributed by atoms with Crippen LogP contribution in [-0.4, -0.2) is 51.7 Å². The summed E-state index contributed by atoms with van der Waals surface area (Å²) >= 11 is 0. The van der Waals surface area contributed by atoms with Crippen LogP contribution in [0.3, 0.4) is 0 Å². The van der Waals surface area contributed by atoms with E-state index in [9.17, 15) is 9.90 Å². The fourth-order valence-electron chi connectivity index (χ4n) is 4.64. The number of imidazole rings is 1. The second-order valence-electron chi connectivity index (χ2n) is 8.63. The Morgan fingerprint density at radius 3 is 2.97 bits per heavy atom. The van der Waals surface area contributed by atoms with Gasteiger partial charge in [-0.3, -0.25) is 4.79 Å². The molecule has 9 nitrogen and oxygen atoms in total. The number of benzene rings is 2. The minimum absolute atomic E-state index is 0.00774. The van der Waals surface area contributed by atoms with Crippen LogP contribution in [0.15, 0.2) is 55.0 Å². The Kier molecular flexibility index (Phi) is 4.84. The molecule has 2 aromatic carbocycles. The van der Waals surface area contributed by atoms with Crippen LogP contribution in [-0.2, 0) is 11.2 Å². The zero-order valence-corrected chi connectivity index (χ0v) is 18.7. The highest BCUT2D eigenvalue weighted by Crippen LogP contribution is 2.35. The average molecular weight is 457 g/mol. The van der Waals surface area contributed by atoms with Gasteiger partial charge in [-0.1, -0.05) is 12.1 Å². The lowest BCUT2D eigenvalue weighted by molar-refractivity contribution is -0.115. The van der Waals surface area contributed by atoms with E-state index in [1.807, 2.05) is 53.2 Å². The number of nitrogens with one attached hydrogen (secondary N) is 2. The maximum absolute atomic E-state index is 11.7. The van der Waals surface area contributed by atoms with Crippen molar-refractivity contribution in [2.45, 2.75) is 18.9 Å². The van der Waals surface area contributed by atoms with Crippen LogP contribution in [0.4, 0.5) is 22.9 Å². The number of ether oxygens (including phenoxy) is 1. The van der Waals surface area contributed by atoms with Crippen molar-refractivity contribution in [2.75, 3.05) is 35.7 Å². The van der Waals surface area contributed by atoms with Gasteiger partial charge in [0.15, 0.2) is 11.5 Å². The van der Waals surface area contributed by atoms with Crippen molar-refractivity contribution in [3.05, 3.63) is 60.6 Å². The third-order valence-electron chi connectivity index (χ3n) is 6.35. The van der Waals surface area contributed by atoms with Crippen LogP contribution in [0.1, 0.15) is 12.0 Å². The summed E-state index contributed by atoms with van der Waals surface area (Å²) in [5, 5.41) is 16.2. The molecule has 2 aromatic heterocycles. The molecule has 1 amide bonds. The fourth-order valence-corrected chi connectivity index (χ4v) is 4.64. The number of hydrogen-bond donors (Lipinski definition) is 3. The van der Waals surface area contributed by atoms with Gasteiger partial charge in [0.2, 0.25) is 5.91 Å². The number of aliphatic hydroxyl groups excluding tert-OH is 1. The molecule has 0 saturated carbocycles. The summed E-state index contributed by atoms with van der Waals surface area (Å²) in [4.78, 5) is 23.2. The highest BCUT2D eigenvalue weighted by Gasteiger charge is 2.23. The molecule has 2 aliphatic rings. The van der Waals surface area contributed by atoms with Gasteiger partial charge in [0.1, 0.15) is 5.75 Å². The number of aliphatic hydroxyl groups is 1. The van der Waals surface area contributed by atoms with E-state index in [4.69, 9.17) is 9.72 Å². The van der Waals surface area contributed by atoms with Gasteiger partial charge in [0.05, 0.1) is 31.0 Å². The largest absolute Gasteiger partial charge is 0.495 e. The molecular formula is C25H24N6O3. The smallest absolute Gasteiger partial charge is 0.228 e. The van der Waals surface area contributed by atoms with Crippen LogP contribution in [0.5, 0.6) is 5.75 Å². The number of carbonyl (C=O) groups excluding carboxylic acids is 1. The molecule has 1 saturated heterocycles. The number of carbonyl (C=O) groups is 1. The zero-order valence-electron chi connectivity index (χ0n) is 18.7. The molecule has 0 radical (unpaired) electrons. The molecule has 0 aliphatic carbocycles. The summed E-state index contributed by atoms with van der Waals surface area (Å²) in [6.45, 7) is 1.40. The van der Waals surface area contributed by atoms with Crippen LogP contribution >= 0.6 is 0 Å². The van der Waals surface area contributed by atoms with Crippen LogP contribution in [0.25, 0.3) is 16.9 Å². The van der Waals surface area contributed by atoms with Gasteiger partial charge in [0, 0.05) is 54.7 Å². The fraction of sp³-hybridized carbons (Fsp3) is 0.240. The molecule has 6 rings (SSSR count). The Morgan fingerprint density at radius 2 is 2.15 bits per heavy atom. The minimum atomic E-state index is -0.310. The molecule has 4 aromatic rings. The molecule has 34 heavy (non-hydrogen) atoms. The number of hydrogen-bond acceptors (Lipinski definition) is 7. The summed E-state index contributed by atoms with van der Waals surface area (Å²) in [5.74, 6) is 1.34. The first-order valence-corrected chi connectivity index (χ1v) is 11.2. The quantitative estimate of drug-likeness (QED) is 0.424. The highest BCUT2D eigenvalue weighted by molar-refractivity contribution is 5.99. The van der Waals surface area contributed by atoms with E-state index in [0.717, 1.165) is 52.6 Å². The summed E-state index contributed by atoms with van der Waals surface area (Å²) in [5.41, 5.74) is 5.95. The van der Waals surface area contributed by atoms with Gasteiger partial charge in [-0.15, -0.1) is 0 Å². The van der Waals surface area contributed by atoms with E-state index >= 15 is 0 Å². The Morgan fingerprint density at radius 1 is 1.24 bits per heavy atom. The van der Waals surface area contributed by atoms with Gasteiger partial charge >= 0.3 is 0 Å². The first kappa shape index (κ1) is 20.5. The molecule has 4 heterocycles. The number of amides is 1. The maximum atomic E-state index is 11.7. The van der Waals surface area contributed by atoms with Crippen molar-refractivity contribution in [2.24, 2.45) is 0 Å². The standard InChI is InChI=1S/C25H24N6O3/c1-34-22-12-17(4-5-21(22)30-8-6-18(32)13-30)27-24-25-26-7-9-31(25)14-20(29-24)15-2-3-16-11-23(33)28-19(16)10-15/h2-5,7,9-10,12,14,18,32H,6,8,11,13H2,1H3,(H,27,29)(H,28,33)/t18-/m0/s1. The van der Waals surface area contributed by atoms with E-state index in [0.29, 0.717) is 24.4 Å². The molecule has 1 fully saturated rings. The number of rotatable bonds is 5. The Hall–Kier alpha value is -4.11. The SMILES string of the molecule is COc1cc(Nc2nc(-c3ccc4c(c3)NC(=O)C4)cn3ccnc23)ccc1N1CC[C@H](O)C1. The summed E-state index contributed by atoms with van der Waals surface area (Å²) in [7, 11) is 1.65. The van der Waals surface area contributed by atoms with Gasteiger partial charge in [-0.2, -0.15) is 0 Å². The van der Waals surface area contributed by atoms with Crippen molar-refractivity contribution >= 4 is 34.4 Å². The first-order chi connectivity index (χ1) is 16.6. The number of fused-ring (bicyclic) bond motifs is 2. The Balaban J connectivity index is 1.35. The van der Waals surface area contributed by atoms with Gasteiger partial charge in [-0.05, 0) is 30.2 Å². The van der Waals surface area contributed by atoms with Crippen molar-refractivity contribution in [1.82, 2.24) is 14.4 Å². The maximum Gasteiger partial charge on any atom is 0.228 e. The van der Waals surface area contributed by atoms with Gasteiger partial charge in [0.25, 0.3) is 0 Å². The number of nitrogens with zero attached hydrogens (tertiary/aromatic N) is 4. The molecule has 0 spiro atoms. The molecule has 1 atom stereocenters. The van der Waals surface area contributed by atoms with Gasteiger partial charge < -0.3 is 29.8 Å². The zero-order chi connectivity index (χ0) is 23.2. The third kappa shape index (κ3) is 3.60. The highest BCUT2D eigenvalue weighted by atomic mass is 16.5. The van der Waals surface area contributed by atoms with E-state index in [1.54, 1.807) is 13.3 Å². The monoisotopic (exact) mass is 456 g/mol. The Labute approximate surface area is 196 Å². The second kappa shape index (κ2) is 8.03. The van der Waals surface area contributed by atoms with Crippen LogP contribution in [0, 0.1) is 0 Å². The lowest BCUT2D eigenvalue weighted by Gasteiger charge is -2.21. The predicted molar refractivity (Wildman–Crippen MR) is 130 cm³/mol. The average Bonchev–Trinajstić information content (AvgIpc) is 3.57. The third-order valence-corrected chi connectivity index (χ3v) is 6.35. The topological polar surface area (TPSA) is 104 Å². The van der Waals surface area contributed by atoms with Gasteiger partial charge in [-0.25, -0.2) is 9.97 Å². The second-order valence-corrected chi connectivity index (χ2v) is 8.63. The predicted octanol–water partition coefficient (Wildman–Crippen LogP) is 3.21. The van der Waals surface area contributed by atoms with E-state index < -0.39 is 0 Å². The summed E-state index contributed by atoms with van der Waals surface area (Å²) < 4.78 is 7.57. The number of methoxy groups -OCH3 is 1. The van der Waals surface area contributed by atoms with E-state index in [-0.39, 0.29) is 12.0 Å². The molecule has 0 unspecified atom stereocenters. The van der Waals surface area contributed by atoms with Crippen molar-refractivity contribution < 1.29 is 14.6 Å². The number of aromatic nitrogens is 3. The molecular weight excluding hydrogens is 432 g/mol. The molecule has 2 aliphatic heterocycles.